The average molecular weight is 312 g/mol. The highest BCUT2D eigenvalue weighted by Crippen LogP contribution is 2.44. The molecule has 0 spiro atoms. The minimum atomic E-state index is -0.289. The van der Waals surface area contributed by atoms with Crippen LogP contribution >= 0.6 is 0 Å². The quantitative estimate of drug-likeness (QED) is 0.335. The van der Waals surface area contributed by atoms with Crippen molar-refractivity contribution in [2.45, 2.75) is 0 Å². The number of nitrogens with one attached hydrogen (secondary N) is 1. The summed E-state index contributed by atoms with van der Waals surface area (Å²) in [6.45, 7) is 0. The van der Waals surface area contributed by atoms with Crippen LogP contribution in [0.3, 0.4) is 0 Å². The summed E-state index contributed by atoms with van der Waals surface area (Å²) in [5.74, 6) is 4.94. The van der Waals surface area contributed by atoms with Gasteiger partial charge in [0.05, 0.1) is 0 Å². The molecule has 0 aliphatic heterocycles. The Morgan fingerprint density at radius 1 is 0.792 bits per heavy atom. The van der Waals surface area contributed by atoms with Crippen LogP contribution in [0.5, 0.6) is 0 Å². The molecule has 4 rings (SSSR count). The van der Waals surface area contributed by atoms with E-state index in [0.29, 0.717) is 5.56 Å². The third-order valence-electron chi connectivity index (χ3n) is 4.32. The summed E-state index contributed by atoms with van der Waals surface area (Å²) in [6, 6.07) is 24.2. The van der Waals surface area contributed by atoms with Crippen molar-refractivity contribution in [3.63, 3.8) is 0 Å². The van der Waals surface area contributed by atoms with Gasteiger partial charge in [-0.2, -0.15) is 0 Å². The molecule has 3 aromatic carbocycles. The zero-order chi connectivity index (χ0) is 16.5. The van der Waals surface area contributed by atoms with Gasteiger partial charge < -0.3 is 0 Å². The van der Waals surface area contributed by atoms with Gasteiger partial charge in [-0.3, -0.25) is 10.2 Å². The van der Waals surface area contributed by atoms with Gasteiger partial charge in [0, 0.05) is 5.56 Å². The molecule has 1 amide bonds. The molecule has 116 valence electrons. The van der Waals surface area contributed by atoms with E-state index in [1.165, 1.54) is 27.8 Å². The standard InChI is InChI=1S/C21H16N2O/c22-23-21(24)15-7-5-6-14(12-15)13-20-18-10-3-1-8-16(18)17-9-2-4-11-19(17)20/h1-13H,22H2,(H,23,24). The average Bonchev–Trinajstić information content (AvgIpc) is 2.96. The molecule has 0 bridgehead atoms. The monoisotopic (exact) mass is 312 g/mol. The molecule has 3 N–H and O–H groups in total. The number of nitrogens with two attached hydrogens (primary N) is 1. The number of fused-ring (bicyclic) bond motifs is 3. The van der Waals surface area contributed by atoms with Gasteiger partial charge in [0.2, 0.25) is 0 Å². The smallest absolute Gasteiger partial charge is 0.265 e. The number of rotatable bonds is 2. The minimum absolute atomic E-state index is 0.289. The fraction of sp³-hybridized carbons (Fsp3) is 0. The number of amides is 1. The largest absolute Gasteiger partial charge is 0.290 e. The molecule has 0 unspecified atom stereocenters. The van der Waals surface area contributed by atoms with Crippen molar-refractivity contribution in [2.24, 2.45) is 5.84 Å². The Balaban J connectivity index is 1.88. The molecule has 0 aromatic heterocycles. The molecular weight excluding hydrogens is 296 g/mol. The van der Waals surface area contributed by atoms with E-state index >= 15 is 0 Å². The van der Waals surface area contributed by atoms with Crippen molar-refractivity contribution < 1.29 is 4.79 Å². The van der Waals surface area contributed by atoms with Crippen molar-refractivity contribution in [2.75, 3.05) is 0 Å². The van der Waals surface area contributed by atoms with Crippen molar-refractivity contribution in [3.05, 3.63) is 95.1 Å². The first-order valence-electron chi connectivity index (χ1n) is 7.80. The predicted octanol–water partition coefficient (Wildman–Crippen LogP) is 3.86. The lowest BCUT2D eigenvalue weighted by atomic mass is 10.0. The lowest BCUT2D eigenvalue weighted by molar-refractivity contribution is 0.0953. The molecule has 0 radical (unpaired) electrons. The number of hydrazine groups is 1. The maximum Gasteiger partial charge on any atom is 0.265 e. The Morgan fingerprint density at radius 2 is 1.38 bits per heavy atom. The van der Waals surface area contributed by atoms with Crippen LogP contribution in [-0.4, -0.2) is 5.91 Å². The fourth-order valence-electron chi connectivity index (χ4n) is 3.23. The second kappa shape index (κ2) is 5.80. The SMILES string of the molecule is NNC(=O)c1cccc(C=C2c3ccccc3-c3ccccc32)c1. The van der Waals surface area contributed by atoms with Crippen LogP contribution < -0.4 is 11.3 Å². The van der Waals surface area contributed by atoms with Crippen LogP contribution in [0.15, 0.2) is 72.8 Å². The third kappa shape index (κ3) is 2.32. The van der Waals surface area contributed by atoms with Crippen molar-refractivity contribution in [1.82, 2.24) is 5.43 Å². The molecule has 24 heavy (non-hydrogen) atoms. The Bertz CT molecular complexity index is 925. The number of benzene rings is 3. The molecule has 0 atom stereocenters. The number of carbonyl (C=O) groups is 1. The molecule has 3 aromatic rings. The normalized spacial score (nSPS) is 11.6. The number of carbonyl (C=O) groups excluding carboxylic acids is 1. The van der Waals surface area contributed by atoms with Gasteiger partial charge in [-0.1, -0.05) is 60.7 Å². The van der Waals surface area contributed by atoms with E-state index < -0.39 is 0 Å². The molecule has 0 fully saturated rings. The predicted molar refractivity (Wildman–Crippen MR) is 96.9 cm³/mol. The van der Waals surface area contributed by atoms with E-state index in [9.17, 15) is 4.79 Å². The van der Waals surface area contributed by atoms with Crippen molar-refractivity contribution in [1.29, 1.82) is 0 Å². The van der Waals surface area contributed by atoms with Gasteiger partial charge in [-0.25, -0.2) is 5.84 Å². The summed E-state index contributed by atoms with van der Waals surface area (Å²) in [5.41, 5.74) is 9.79. The van der Waals surface area contributed by atoms with E-state index in [4.69, 9.17) is 5.84 Å². The Morgan fingerprint density at radius 3 is 1.96 bits per heavy atom. The maximum atomic E-state index is 11.7. The first kappa shape index (κ1) is 14.4. The Hall–Kier alpha value is -3.17. The lowest BCUT2D eigenvalue weighted by Gasteiger charge is -2.05. The first-order valence-corrected chi connectivity index (χ1v) is 7.80. The summed E-state index contributed by atoms with van der Waals surface area (Å²) >= 11 is 0. The maximum absolute atomic E-state index is 11.7. The minimum Gasteiger partial charge on any atom is -0.290 e. The van der Waals surface area contributed by atoms with Gasteiger partial charge in [0.1, 0.15) is 0 Å². The highest BCUT2D eigenvalue weighted by atomic mass is 16.2. The molecule has 3 nitrogen and oxygen atoms in total. The topological polar surface area (TPSA) is 55.1 Å². The molecule has 3 heteroatoms. The van der Waals surface area contributed by atoms with Gasteiger partial charge in [0.25, 0.3) is 5.91 Å². The van der Waals surface area contributed by atoms with Crippen LogP contribution in [0.2, 0.25) is 0 Å². The highest BCUT2D eigenvalue weighted by Gasteiger charge is 2.22. The van der Waals surface area contributed by atoms with Gasteiger partial charge in [0.15, 0.2) is 0 Å². The van der Waals surface area contributed by atoms with Crippen molar-refractivity contribution in [3.8, 4) is 11.1 Å². The highest BCUT2D eigenvalue weighted by molar-refractivity contribution is 6.06. The molecule has 1 aliphatic rings. The first-order chi connectivity index (χ1) is 11.8. The number of hydrogen-bond acceptors (Lipinski definition) is 2. The number of nitrogen functional groups attached to an aromatic ring is 1. The zero-order valence-corrected chi connectivity index (χ0v) is 13.0. The summed E-state index contributed by atoms with van der Waals surface area (Å²) in [4.78, 5) is 11.7. The second-order valence-corrected chi connectivity index (χ2v) is 5.75. The van der Waals surface area contributed by atoms with E-state index in [1.807, 2.05) is 18.2 Å². The molecular formula is C21H16N2O. The van der Waals surface area contributed by atoms with E-state index in [1.54, 1.807) is 6.07 Å². The summed E-state index contributed by atoms with van der Waals surface area (Å²) in [5, 5.41) is 0. The van der Waals surface area contributed by atoms with E-state index in [2.05, 4.69) is 60.0 Å². The fourth-order valence-corrected chi connectivity index (χ4v) is 3.23. The summed E-state index contributed by atoms with van der Waals surface area (Å²) in [7, 11) is 0. The van der Waals surface area contributed by atoms with Gasteiger partial charge in [-0.05, 0) is 51.6 Å². The Kier molecular flexibility index (Phi) is 3.48. The van der Waals surface area contributed by atoms with E-state index in [0.717, 1.165) is 5.56 Å². The molecule has 1 aliphatic carbocycles. The zero-order valence-electron chi connectivity index (χ0n) is 13.0. The van der Waals surface area contributed by atoms with Crippen LogP contribution in [0.4, 0.5) is 0 Å². The molecule has 0 saturated carbocycles. The third-order valence-corrected chi connectivity index (χ3v) is 4.32. The van der Waals surface area contributed by atoms with E-state index in [-0.39, 0.29) is 5.91 Å². The molecule has 0 saturated heterocycles. The second-order valence-electron chi connectivity index (χ2n) is 5.75. The summed E-state index contributed by atoms with van der Waals surface area (Å²) in [6.07, 6.45) is 2.12. The van der Waals surface area contributed by atoms with Gasteiger partial charge >= 0.3 is 0 Å². The van der Waals surface area contributed by atoms with Crippen LogP contribution in [0, 0.1) is 0 Å². The Labute approximate surface area is 140 Å². The molecule has 0 heterocycles. The summed E-state index contributed by atoms with van der Waals surface area (Å²) < 4.78 is 0. The van der Waals surface area contributed by atoms with Crippen LogP contribution in [-0.2, 0) is 0 Å². The lowest BCUT2D eigenvalue weighted by Crippen LogP contribution is -2.29. The van der Waals surface area contributed by atoms with Gasteiger partial charge in [-0.15, -0.1) is 0 Å². The van der Waals surface area contributed by atoms with Crippen LogP contribution in [0.1, 0.15) is 27.0 Å². The number of hydrogen-bond donors (Lipinski definition) is 2. The van der Waals surface area contributed by atoms with Crippen LogP contribution in [0.25, 0.3) is 22.8 Å². The van der Waals surface area contributed by atoms with Crippen molar-refractivity contribution >= 4 is 17.6 Å².